The zero-order valence-electron chi connectivity index (χ0n) is 12.3. The Morgan fingerprint density at radius 2 is 2.00 bits per heavy atom. The highest BCUT2D eigenvalue weighted by Gasteiger charge is 2.22. The molecule has 0 amide bonds. The van der Waals surface area contributed by atoms with Gasteiger partial charge in [0.05, 0.1) is 28.0 Å². The third-order valence-electron chi connectivity index (χ3n) is 3.90. The number of rotatable bonds is 2. The molecule has 0 N–H and O–H groups in total. The van der Waals surface area contributed by atoms with Gasteiger partial charge in [-0.1, -0.05) is 0 Å². The number of hydrogen-bond acceptors (Lipinski definition) is 4. The van der Waals surface area contributed by atoms with E-state index in [-0.39, 0.29) is 5.38 Å². The van der Waals surface area contributed by atoms with Gasteiger partial charge in [-0.3, -0.25) is 0 Å². The third-order valence-corrected chi connectivity index (χ3v) is 4.10. The molecule has 0 aliphatic carbocycles. The fraction of sp³-hybridized carbons (Fsp3) is 0.467. The number of benzene rings is 1. The second kappa shape index (κ2) is 5.55. The van der Waals surface area contributed by atoms with E-state index in [1.54, 1.807) is 6.07 Å². The number of piperazine rings is 1. The SMILES string of the molecule is CC(Cl)c1nc2ccc(C#N)cc2n1N1CCN(C)CC1. The van der Waals surface area contributed by atoms with Crippen molar-refractivity contribution in [3.63, 3.8) is 0 Å². The summed E-state index contributed by atoms with van der Waals surface area (Å²) in [6.45, 7) is 5.80. The summed E-state index contributed by atoms with van der Waals surface area (Å²) in [6.07, 6.45) is 0. The Bertz CT molecular complexity index is 692. The number of likely N-dealkylation sites (N-methyl/N-ethyl adjacent to an activating group) is 1. The fourth-order valence-corrected chi connectivity index (χ4v) is 2.84. The predicted octanol–water partition coefficient (Wildman–Crippen LogP) is 2.09. The van der Waals surface area contributed by atoms with E-state index in [1.807, 2.05) is 19.1 Å². The summed E-state index contributed by atoms with van der Waals surface area (Å²) in [7, 11) is 2.13. The maximum Gasteiger partial charge on any atom is 0.146 e. The molecule has 0 spiro atoms. The molecule has 1 unspecified atom stereocenters. The maximum atomic E-state index is 9.12. The Morgan fingerprint density at radius 1 is 1.29 bits per heavy atom. The first-order chi connectivity index (χ1) is 10.1. The molecular weight excluding hydrogens is 286 g/mol. The topological polar surface area (TPSA) is 48.1 Å². The van der Waals surface area contributed by atoms with E-state index in [0.717, 1.165) is 43.0 Å². The first-order valence-corrected chi connectivity index (χ1v) is 7.54. The molecule has 110 valence electrons. The Morgan fingerprint density at radius 3 is 2.62 bits per heavy atom. The van der Waals surface area contributed by atoms with Gasteiger partial charge in [-0.25, -0.2) is 9.66 Å². The minimum absolute atomic E-state index is 0.178. The zero-order chi connectivity index (χ0) is 15.0. The number of alkyl halides is 1. The average molecular weight is 304 g/mol. The molecule has 2 heterocycles. The second-order valence-electron chi connectivity index (χ2n) is 5.47. The summed E-state index contributed by atoms with van der Waals surface area (Å²) in [6, 6.07) is 7.78. The minimum Gasteiger partial charge on any atom is -0.308 e. The second-order valence-corrected chi connectivity index (χ2v) is 6.12. The molecule has 21 heavy (non-hydrogen) atoms. The number of halogens is 1. The van der Waals surface area contributed by atoms with Crippen LogP contribution >= 0.6 is 11.6 Å². The normalized spacial score (nSPS) is 17.9. The molecule has 3 rings (SSSR count). The molecule has 0 saturated carbocycles. The zero-order valence-corrected chi connectivity index (χ0v) is 13.0. The lowest BCUT2D eigenvalue weighted by Gasteiger charge is -2.35. The van der Waals surface area contributed by atoms with Gasteiger partial charge in [0.2, 0.25) is 0 Å². The maximum absolute atomic E-state index is 9.12. The molecule has 2 aromatic rings. The van der Waals surface area contributed by atoms with E-state index in [4.69, 9.17) is 16.9 Å². The largest absolute Gasteiger partial charge is 0.308 e. The van der Waals surface area contributed by atoms with Gasteiger partial charge in [0.15, 0.2) is 0 Å². The van der Waals surface area contributed by atoms with Crippen LogP contribution in [0.25, 0.3) is 11.0 Å². The smallest absolute Gasteiger partial charge is 0.146 e. The Kier molecular flexibility index (Phi) is 3.75. The Hall–Kier alpha value is -1.77. The molecule has 1 aromatic heterocycles. The van der Waals surface area contributed by atoms with Crippen molar-refractivity contribution in [3.05, 3.63) is 29.6 Å². The molecule has 1 fully saturated rings. The quantitative estimate of drug-likeness (QED) is 0.797. The fourth-order valence-electron chi connectivity index (χ4n) is 2.70. The van der Waals surface area contributed by atoms with Crippen LogP contribution in [0.3, 0.4) is 0 Å². The van der Waals surface area contributed by atoms with Crippen LogP contribution in [0.4, 0.5) is 0 Å². The molecule has 0 radical (unpaired) electrons. The van der Waals surface area contributed by atoms with Crippen molar-refractivity contribution in [2.24, 2.45) is 0 Å². The summed E-state index contributed by atoms with van der Waals surface area (Å²) in [5.41, 5.74) is 2.49. The first-order valence-electron chi connectivity index (χ1n) is 7.10. The van der Waals surface area contributed by atoms with Gasteiger partial charge in [-0.05, 0) is 32.2 Å². The number of nitrogens with zero attached hydrogens (tertiary/aromatic N) is 5. The van der Waals surface area contributed by atoms with Crippen LogP contribution in [0.2, 0.25) is 0 Å². The number of nitriles is 1. The van der Waals surface area contributed by atoms with Crippen molar-refractivity contribution in [2.75, 3.05) is 38.2 Å². The number of fused-ring (bicyclic) bond motifs is 1. The van der Waals surface area contributed by atoms with Crippen LogP contribution in [-0.2, 0) is 0 Å². The monoisotopic (exact) mass is 303 g/mol. The minimum atomic E-state index is -0.178. The van der Waals surface area contributed by atoms with Gasteiger partial charge < -0.3 is 9.91 Å². The molecule has 1 atom stereocenters. The van der Waals surface area contributed by atoms with E-state index in [2.05, 4.69) is 32.7 Å². The lowest BCUT2D eigenvalue weighted by Crippen LogP contribution is -2.50. The highest BCUT2D eigenvalue weighted by Crippen LogP contribution is 2.26. The number of imidazole rings is 1. The van der Waals surface area contributed by atoms with E-state index in [1.165, 1.54) is 0 Å². The van der Waals surface area contributed by atoms with Gasteiger partial charge in [-0.15, -0.1) is 11.6 Å². The number of hydrogen-bond donors (Lipinski definition) is 0. The van der Waals surface area contributed by atoms with Gasteiger partial charge in [-0.2, -0.15) is 5.26 Å². The Labute approximate surface area is 129 Å². The Balaban J connectivity index is 2.13. The molecule has 5 nitrogen and oxygen atoms in total. The molecular formula is C15H18ClN5. The van der Waals surface area contributed by atoms with Crippen LogP contribution in [-0.4, -0.2) is 47.8 Å². The van der Waals surface area contributed by atoms with E-state index in [9.17, 15) is 0 Å². The molecule has 0 bridgehead atoms. The lowest BCUT2D eigenvalue weighted by atomic mass is 10.2. The van der Waals surface area contributed by atoms with Crippen LogP contribution in [0.1, 0.15) is 23.7 Å². The van der Waals surface area contributed by atoms with Crippen molar-refractivity contribution in [1.29, 1.82) is 5.26 Å². The summed E-state index contributed by atoms with van der Waals surface area (Å²) < 4.78 is 2.10. The van der Waals surface area contributed by atoms with Gasteiger partial charge >= 0.3 is 0 Å². The highest BCUT2D eigenvalue weighted by molar-refractivity contribution is 6.20. The summed E-state index contributed by atoms with van der Waals surface area (Å²) in [4.78, 5) is 6.95. The van der Waals surface area contributed by atoms with Gasteiger partial charge in [0.25, 0.3) is 0 Å². The number of aromatic nitrogens is 2. The lowest BCUT2D eigenvalue weighted by molar-refractivity contribution is 0.287. The summed E-state index contributed by atoms with van der Waals surface area (Å²) in [5, 5.41) is 11.2. The average Bonchev–Trinajstić information content (AvgIpc) is 2.86. The molecule has 1 aliphatic heterocycles. The van der Waals surface area contributed by atoms with Gasteiger partial charge in [0, 0.05) is 26.2 Å². The van der Waals surface area contributed by atoms with Crippen LogP contribution in [0.15, 0.2) is 18.2 Å². The van der Waals surface area contributed by atoms with Crippen molar-refractivity contribution in [1.82, 2.24) is 14.6 Å². The molecule has 1 aromatic carbocycles. The van der Waals surface area contributed by atoms with Crippen molar-refractivity contribution < 1.29 is 0 Å². The van der Waals surface area contributed by atoms with Crippen molar-refractivity contribution in [3.8, 4) is 6.07 Å². The third kappa shape index (κ3) is 2.57. The standard InChI is InChI=1S/C15H18ClN5/c1-11(16)15-18-13-4-3-12(10-17)9-14(13)21(15)20-7-5-19(2)6-8-20/h3-4,9,11H,5-8H2,1-2H3. The van der Waals surface area contributed by atoms with E-state index in [0.29, 0.717) is 5.56 Å². The van der Waals surface area contributed by atoms with Crippen LogP contribution < -0.4 is 5.01 Å². The predicted molar refractivity (Wildman–Crippen MR) is 84.2 cm³/mol. The van der Waals surface area contributed by atoms with E-state index >= 15 is 0 Å². The van der Waals surface area contributed by atoms with Crippen LogP contribution in [0.5, 0.6) is 0 Å². The first kappa shape index (κ1) is 14.2. The molecule has 1 saturated heterocycles. The summed E-state index contributed by atoms with van der Waals surface area (Å²) >= 11 is 6.32. The summed E-state index contributed by atoms with van der Waals surface area (Å²) in [5.74, 6) is 0.839. The molecule has 6 heteroatoms. The van der Waals surface area contributed by atoms with Crippen LogP contribution in [0, 0.1) is 11.3 Å². The van der Waals surface area contributed by atoms with E-state index < -0.39 is 0 Å². The molecule has 1 aliphatic rings. The van der Waals surface area contributed by atoms with Crippen molar-refractivity contribution in [2.45, 2.75) is 12.3 Å². The highest BCUT2D eigenvalue weighted by atomic mass is 35.5. The van der Waals surface area contributed by atoms with Gasteiger partial charge in [0.1, 0.15) is 5.82 Å². The van der Waals surface area contributed by atoms with Crippen molar-refractivity contribution >= 4 is 22.6 Å².